The van der Waals surface area contributed by atoms with Gasteiger partial charge in [0, 0.05) is 18.8 Å². The average molecular weight is 236 g/mol. The number of aromatic nitrogens is 2. The summed E-state index contributed by atoms with van der Waals surface area (Å²) in [6.45, 7) is 3.82. The van der Waals surface area contributed by atoms with E-state index in [9.17, 15) is 4.79 Å². The van der Waals surface area contributed by atoms with Gasteiger partial charge in [0.25, 0.3) is 0 Å². The highest BCUT2D eigenvalue weighted by Gasteiger charge is 2.28. The Morgan fingerprint density at radius 2 is 2.29 bits per heavy atom. The van der Waals surface area contributed by atoms with Crippen molar-refractivity contribution in [2.75, 3.05) is 0 Å². The van der Waals surface area contributed by atoms with Gasteiger partial charge in [0.15, 0.2) is 5.82 Å². The van der Waals surface area contributed by atoms with E-state index < -0.39 is 0 Å². The second-order valence-electron chi connectivity index (χ2n) is 5.03. The Hall–Kier alpha value is -1.19. The summed E-state index contributed by atoms with van der Waals surface area (Å²) in [7, 11) is 0. The highest BCUT2D eigenvalue weighted by atomic mass is 16.5. The molecular weight excluding hydrogens is 216 g/mol. The molecule has 4 heteroatoms. The topological polar surface area (TPSA) is 56.0 Å². The molecule has 0 saturated heterocycles. The maximum Gasteiger partial charge on any atom is 0.227 e. The standard InChI is InChI=1S/C13H20N2O2/c1-3-10-5-6-11(8-10)13-14-12(17-15-13)7-4-9(2)16/h10-11H,3-8H2,1-2H3. The summed E-state index contributed by atoms with van der Waals surface area (Å²) in [5.41, 5.74) is 0. The van der Waals surface area contributed by atoms with Crippen LogP contribution >= 0.6 is 0 Å². The van der Waals surface area contributed by atoms with E-state index in [1.807, 2.05) is 0 Å². The minimum absolute atomic E-state index is 0.164. The Balaban J connectivity index is 1.92. The van der Waals surface area contributed by atoms with Crippen LogP contribution in [0.5, 0.6) is 0 Å². The van der Waals surface area contributed by atoms with Crippen LogP contribution in [0, 0.1) is 5.92 Å². The van der Waals surface area contributed by atoms with Crippen molar-refractivity contribution < 1.29 is 9.32 Å². The lowest BCUT2D eigenvalue weighted by molar-refractivity contribution is -0.117. The molecule has 1 heterocycles. The minimum Gasteiger partial charge on any atom is -0.339 e. The summed E-state index contributed by atoms with van der Waals surface area (Å²) in [4.78, 5) is 15.3. The smallest absolute Gasteiger partial charge is 0.227 e. The van der Waals surface area contributed by atoms with Crippen LogP contribution in [0.25, 0.3) is 0 Å². The van der Waals surface area contributed by atoms with Gasteiger partial charge < -0.3 is 9.32 Å². The molecule has 0 amide bonds. The highest BCUT2D eigenvalue weighted by Crippen LogP contribution is 2.38. The van der Waals surface area contributed by atoms with E-state index in [0.717, 1.165) is 11.7 Å². The molecule has 0 bridgehead atoms. The Bertz CT molecular complexity index is 387. The third-order valence-electron chi connectivity index (χ3n) is 3.66. The van der Waals surface area contributed by atoms with Crippen molar-refractivity contribution in [1.29, 1.82) is 0 Å². The molecule has 0 aliphatic heterocycles. The first kappa shape index (κ1) is 12.3. The van der Waals surface area contributed by atoms with Crippen molar-refractivity contribution in [3.63, 3.8) is 0 Å². The van der Waals surface area contributed by atoms with Crippen LogP contribution in [0.2, 0.25) is 0 Å². The lowest BCUT2D eigenvalue weighted by atomic mass is 10.0. The molecule has 1 aliphatic rings. The number of Topliss-reactive ketones (excluding diaryl/α,β-unsaturated/α-hetero) is 1. The summed E-state index contributed by atoms with van der Waals surface area (Å²) in [5, 5.41) is 4.05. The van der Waals surface area contributed by atoms with E-state index in [-0.39, 0.29) is 5.78 Å². The van der Waals surface area contributed by atoms with Crippen LogP contribution in [0.1, 0.15) is 63.6 Å². The van der Waals surface area contributed by atoms with Crippen molar-refractivity contribution >= 4 is 5.78 Å². The van der Waals surface area contributed by atoms with Crippen LogP contribution in [-0.4, -0.2) is 15.9 Å². The largest absolute Gasteiger partial charge is 0.339 e. The zero-order chi connectivity index (χ0) is 12.3. The van der Waals surface area contributed by atoms with Crippen molar-refractivity contribution in [3.05, 3.63) is 11.7 Å². The number of carbonyl (C=O) groups excluding carboxylic acids is 1. The Morgan fingerprint density at radius 1 is 1.47 bits per heavy atom. The van der Waals surface area contributed by atoms with Gasteiger partial charge in [-0.1, -0.05) is 18.5 Å². The van der Waals surface area contributed by atoms with Crippen LogP contribution in [0.3, 0.4) is 0 Å². The van der Waals surface area contributed by atoms with Crippen LogP contribution in [0.4, 0.5) is 0 Å². The van der Waals surface area contributed by atoms with Gasteiger partial charge in [-0.3, -0.25) is 0 Å². The number of aryl methyl sites for hydroxylation is 1. The maximum atomic E-state index is 10.9. The lowest BCUT2D eigenvalue weighted by Gasteiger charge is -2.04. The fourth-order valence-electron chi connectivity index (χ4n) is 2.50. The first-order valence-electron chi connectivity index (χ1n) is 6.51. The third kappa shape index (κ3) is 3.14. The molecular formula is C13H20N2O2. The molecule has 1 aromatic heterocycles. The summed E-state index contributed by atoms with van der Waals surface area (Å²) in [5.74, 6) is 2.90. The predicted octanol–water partition coefficient (Wildman–Crippen LogP) is 2.88. The zero-order valence-electron chi connectivity index (χ0n) is 10.6. The van der Waals surface area contributed by atoms with Gasteiger partial charge in [0.05, 0.1) is 0 Å². The molecule has 4 nitrogen and oxygen atoms in total. The number of carbonyl (C=O) groups is 1. The summed E-state index contributed by atoms with van der Waals surface area (Å²) < 4.78 is 5.18. The van der Waals surface area contributed by atoms with Crippen molar-refractivity contribution in [2.24, 2.45) is 5.92 Å². The van der Waals surface area contributed by atoms with E-state index in [1.54, 1.807) is 6.92 Å². The fraction of sp³-hybridized carbons (Fsp3) is 0.769. The van der Waals surface area contributed by atoms with Crippen LogP contribution in [0.15, 0.2) is 4.52 Å². The molecule has 0 N–H and O–H groups in total. The monoisotopic (exact) mass is 236 g/mol. The molecule has 2 unspecified atom stereocenters. The van der Waals surface area contributed by atoms with Gasteiger partial charge in [-0.25, -0.2) is 0 Å². The van der Waals surface area contributed by atoms with E-state index in [1.165, 1.54) is 25.7 Å². The summed E-state index contributed by atoms with van der Waals surface area (Å²) in [6, 6.07) is 0. The molecule has 94 valence electrons. The van der Waals surface area contributed by atoms with E-state index in [4.69, 9.17) is 4.52 Å². The molecule has 1 saturated carbocycles. The van der Waals surface area contributed by atoms with Gasteiger partial charge in [0.2, 0.25) is 5.89 Å². The average Bonchev–Trinajstić information content (AvgIpc) is 2.94. The molecule has 0 spiro atoms. The number of rotatable bonds is 5. The van der Waals surface area contributed by atoms with Gasteiger partial charge >= 0.3 is 0 Å². The van der Waals surface area contributed by atoms with Gasteiger partial charge in [-0.15, -0.1) is 0 Å². The summed E-state index contributed by atoms with van der Waals surface area (Å²) >= 11 is 0. The molecule has 1 aromatic rings. The first-order valence-corrected chi connectivity index (χ1v) is 6.51. The second kappa shape index (κ2) is 5.43. The summed E-state index contributed by atoms with van der Waals surface area (Å²) in [6.07, 6.45) is 5.94. The molecule has 2 atom stereocenters. The van der Waals surface area contributed by atoms with E-state index in [0.29, 0.717) is 24.7 Å². The Morgan fingerprint density at radius 3 is 2.94 bits per heavy atom. The van der Waals surface area contributed by atoms with Gasteiger partial charge in [-0.05, 0) is 32.1 Å². The molecule has 1 fully saturated rings. The quantitative estimate of drug-likeness (QED) is 0.788. The third-order valence-corrected chi connectivity index (χ3v) is 3.66. The Labute approximate surface area is 102 Å². The molecule has 2 rings (SSSR count). The van der Waals surface area contributed by atoms with Crippen molar-refractivity contribution in [1.82, 2.24) is 10.1 Å². The second-order valence-corrected chi connectivity index (χ2v) is 5.03. The highest BCUT2D eigenvalue weighted by molar-refractivity contribution is 5.75. The predicted molar refractivity (Wildman–Crippen MR) is 63.7 cm³/mol. The normalized spacial score (nSPS) is 24.1. The Kier molecular flexibility index (Phi) is 3.92. The van der Waals surface area contributed by atoms with Crippen LogP contribution in [-0.2, 0) is 11.2 Å². The SMILES string of the molecule is CCC1CCC(c2noc(CCC(C)=O)n2)C1. The maximum absolute atomic E-state index is 10.9. The fourth-order valence-corrected chi connectivity index (χ4v) is 2.50. The van der Waals surface area contributed by atoms with E-state index >= 15 is 0 Å². The minimum atomic E-state index is 0.164. The number of ketones is 1. The number of hydrogen-bond donors (Lipinski definition) is 0. The van der Waals surface area contributed by atoms with E-state index in [2.05, 4.69) is 17.1 Å². The van der Waals surface area contributed by atoms with Crippen molar-refractivity contribution in [2.45, 2.75) is 58.3 Å². The number of hydrogen-bond acceptors (Lipinski definition) is 4. The molecule has 1 aliphatic carbocycles. The lowest BCUT2D eigenvalue weighted by Crippen LogP contribution is -1.98. The van der Waals surface area contributed by atoms with Crippen molar-refractivity contribution in [3.8, 4) is 0 Å². The van der Waals surface area contributed by atoms with Gasteiger partial charge in [-0.2, -0.15) is 4.98 Å². The molecule has 0 radical (unpaired) electrons. The molecule has 17 heavy (non-hydrogen) atoms. The molecule has 0 aromatic carbocycles. The zero-order valence-corrected chi connectivity index (χ0v) is 10.6. The number of nitrogens with zero attached hydrogens (tertiary/aromatic N) is 2. The first-order chi connectivity index (χ1) is 8.19. The van der Waals surface area contributed by atoms with Crippen LogP contribution < -0.4 is 0 Å². The van der Waals surface area contributed by atoms with Gasteiger partial charge in [0.1, 0.15) is 5.78 Å².